The van der Waals surface area contributed by atoms with Gasteiger partial charge in [-0.1, -0.05) is 12.1 Å². The number of pyridine rings is 1. The molecule has 0 aliphatic rings. The van der Waals surface area contributed by atoms with Crippen LogP contribution < -0.4 is 21.1 Å². The second-order valence-electron chi connectivity index (χ2n) is 5.80. The van der Waals surface area contributed by atoms with Crippen molar-refractivity contribution in [3.8, 4) is 0 Å². The Morgan fingerprint density at radius 3 is 2.62 bits per heavy atom. The maximum Gasteiger partial charge on any atom is 0.305 e. The number of carbonyl (C=O) groups excluding carboxylic acids is 3. The summed E-state index contributed by atoms with van der Waals surface area (Å²) in [6.07, 6.45) is 2.67. The predicted octanol–water partition coefficient (Wildman–Crippen LogP) is 1.28. The zero-order valence-electron chi connectivity index (χ0n) is 15.1. The number of aromatic nitrogens is 1. The molecule has 1 unspecified atom stereocenters. The van der Waals surface area contributed by atoms with E-state index in [2.05, 4.69) is 20.9 Å². The van der Waals surface area contributed by atoms with E-state index in [1.807, 2.05) is 0 Å². The lowest BCUT2D eigenvalue weighted by atomic mass is 10.1. The number of amides is 3. The van der Waals surface area contributed by atoms with Crippen LogP contribution in [0.5, 0.6) is 0 Å². The highest BCUT2D eigenvalue weighted by Crippen LogP contribution is 2.15. The van der Waals surface area contributed by atoms with Crippen LogP contribution in [-0.4, -0.2) is 39.7 Å². The molecule has 10 nitrogen and oxygen atoms in total. The molecule has 0 bridgehead atoms. The summed E-state index contributed by atoms with van der Waals surface area (Å²) in [5.41, 5.74) is 1.14. The molecule has 2 rings (SSSR count). The Kier molecular flexibility index (Phi) is 8.12. The molecule has 0 saturated carbocycles. The van der Waals surface area contributed by atoms with E-state index in [0.717, 1.165) is 0 Å². The molecule has 2 aromatic rings. The van der Waals surface area contributed by atoms with Crippen molar-refractivity contribution < 1.29 is 24.3 Å². The van der Waals surface area contributed by atoms with Gasteiger partial charge in [0.2, 0.25) is 5.91 Å². The zero-order chi connectivity index (χ0) is 21.2. The second-order valence-corrected chi connectivity index (χ2v) is 6.40. The molecule has 6 N–H and O–H groups in total. The van der Waals surface area contributed by atoms with Gasteiger partial charge in [0.05, 0.1) is 19.0 Å². The van der Waals surface area contributed by atoms with Gasteiger partial charge in [0, 0.05) is 35.6 Å². The molecule has 1 heterocycles. The molecule has 3 amide bonds. The monoisotopic (exact) mass is 417 g/mol. The van der Waals surface area contributed by atoms with E-state index in [4.69, 9.17) is 10.2 Å². The van der Waals surface area contributed by atoms with Gasteiger partial charge in [0.15, 0.2) is 0 Å². The Labute approximate surface area is 170 Å². The highest BCUT2D eigenvalue weighted by Gasteiger charge is 2.19. The molecule has 1 aromatic heterocycles. The summed E-state index contributed by atoms with van der Waals surface area (Å²) in [6, 6.07) is 8.61. The molecule has 0 fully saturated rings. The Morgan fingerprint density at radius 2 is 1.97 bits per heavy atom. The molecule has 11 heteroatoms. The minimum absolute atomic E-state index is 0.229. The number of benzene rings is 1. The van der Waals surface area contributed by atoms with E-state index < -0.39 is 29.1 Å². The second kappa shape index (κ2) is 10.8. The van der Waals surface area contributed by atoms with Crippen LogP contribution >= 0.6 is 11.9 Å². The summed E-state index contributed by atoms with van der Waals surface area (Å²) in [6.45, 7) is -0.357. The highest BCUT2D eigenvalue weighted by molar-refractivity contribution is 8.11. The van der Waals surface area contributed by atoms with Gasteiger partial charge in [0.25, 0.3) is 11.1 Å². The number of rotatable bonds is 8. The van der Waals surface area contributed by atoms with Gasteiger partial charge < -0.3 is 21.1 Å². The fourth-order valence-corrected chi connectivity index (χ4v) is 2.58. The van der Waals surface area contributed by atoms with Crippen LogP contribution in [0.1, 0.15) is 28.4 Å². The van der Waals surface area contributed by atoms with Crippen LogP contribution in [0.15, 0.2) is 48.8 Å². The van der Waals surface area contributed by atoms with E-state index in [0.29, 0.717) is 23.2 Å². The number of anilines is 1. The van der Waals surface area contributed by atoms with Gasteiger partial charge >= 0.3 is 5.97 Å². The number of hydrogen-bond donors (Lipinski definition) is 5. The Bertz CT molecular complexity index is 893. The molecule has 0 aliphatic carbocycles. The summed E-state index contributed by atoms with van der Waals surface area (Å²) >= 11 is 0.506. The molecule has 1 aromatic carbocycles. The first-order valence-corrected chi connectivity index (χ1v) is 9.24. The average molecular weight is 417 g/mol. The summed E-state index contributed by atoms with van der Waals surface area (Å²) in [4.78, 5) is 50.7. The quantitative estimate of drug-likeness (QED) is 0.401. The SMILES string of the molecule is NSC(=O)Nc1cccc(C(=O)NCC(=O)NC(CC(=O)O)c2cccnc2)c1. The fourth-order valence-electron chi connectivity index (χ4n) is 2.40. The number of hydrogen-bond acceptors (Lipinski definition) is 7. The van der Waals surface area contributed by atoms with E-state index in [9.17, 15) is 19.2 Å². The fraction of sp³-hybridized carbons (Fsp3) is 0.167. The highest BCUT2D eigenvalue weighted by atomic mass is 32.2. The topological polar surface area (TPSA) is 164 Å². The average Bonchev–Trinajstić information content (AvgIpc) is 2.72. The van der Waals surface area contributed by atoms with Gasteiger partial charge in [-0.25, -0.2) is 0 Å². The number of nitrogens with zero attached hydrogens (tertiary/aromatic N) is 1. The third-order valence-corrected chi connectivity index (χ3v) is 4.00. The first-order valence-electron chi connectivity index (χ1n) is 8.36. The van der Waals surface area contributed by atoms with Gasteiger partial charge in [0.1, 0.15) is 0 Å². The number of aliphatic carboxylic acids is 1. The van der Waals surface area contributed by atoms with E-state index in [1.165, 1.54) is 24.5 Å². The normalized spacial score (nSPS) is 11.2. The van der Waals surface area contributed by atoms with Crippen LogP contribution in [0.2, 0.25) is 0 Å². The van der Waals surface area contributed by atoms with Crippen molar-refractivity contribution in [3.63, 3.8) is 0 Å². The smallest absolute Gasteiger partial charge is 0.305 e. The summed E-state index contributed by atoms with van der Waals surface area (Å²) < 4.78 is 0. The summed E-state index contributed by atoms with van der Waals surface area (Å²) in [5.74, 6) is -2.18. The van der Waals surface area contributed by atoms with Gasteiger partial charge in [-0.05, 0) is 29.8 Å². The first-order chi connectivity index (χ1) is 13.9. The van der Waals surface area contributed by atoms with Crippen molar-refractivity contribution in [3.05, 3.63) is 59.9 Å². The van der Waals surface area contributed by atoms with Crippen LogP contribution in [0.25, 0.3) is 0 Å². The standard InChI is InChI=1S/C18H19N5O5S/c19-29-18(28)22-13-5-1-3-11(7-13)17(27)21-10-15(24)23-14(8-16(25)26)12-4-2-6-20-9-12/h1-7,9,14H,8,10,19H2,(H,21,27)(H,22,28)(H,23,24)(H,25,26). The van der Waals surface area contributed by atoms with Gasteiger partial charge in [-0.15, -0.1) is 0 Å². The first kappa shape index (κ1) is 21.9. The lowest BCUT2D eigenvalue weighted by molar-refractivity contribution is -0.137. The third kappa shape index (κ3) is 7.24. The van der Waals surface area contributed by atoms with Crippen molar-refractivity contribution in [1.82, 2.24) is 15.6 Å². The number of nitrogens with two attached hydrogens (primary N) is 1. The Morgan fingerprint density at radius 1 is 1.17 bits per heavy atom. The molecule has 152 valence electrons. The lowest BCUT2D eigenvalue weighted by Crippen LogP contribution is -2.39. The lowest BCUT2D eigenvalue weighted by Gasteiger charge is -2.17. The van der Waals surface area contributed by atoms with Crippen molar-refractivity contribution in [2.75, 3.05) is 11.9 Å². The van der Waals surface area contributed by atoms with Crippen LogP contribution in [-0.2, 0) is 9.59 Å². The van der Waals surface area contributed by atoms with Crippen LogP contribution in [0.4, 0.5) is 10.5 Å². The van der Waals surface area contributed by atoms with Crippen molar-refractivity contribution in [2.24, 2.45) is 5.14 Å². The Hall–Kier alpha value is -3.44. The molecular weight excluding hydrogens is 398 g/mol. The minimum atomic E-state index is -1.09. The van der Waals surface area contributed by atoms with Crippen molar-refractivity contribution in [2.45, 2.75) is 12.5 Å². The van der Waals surface area contributed by atoms with Crippen molar-refractivity contribution >= 4 is 40.7 Å². The number of carboxylic acids is 1. The summed E-state index contributed by atoms with van der Waals surface area (Å²) in [7, 11) is 0. The van der Waals surface area contributed by atoms with E-state index >= 15 is 0 Å². The number of carbonyl (C=O) groups is 4. The molecule has 0 saturated heterocycles. The summed E-state index contributed by atoms with van der Waals surface area (Å²) in [5, 5.41) is 21.2. The largest absolute Gasteiger partial charge is 0.481 e. The van der Waals surface area contributed by atoms with Gasteiger partial charge in [-0.3, -0.25) is 29.3 Å². The van der Waals surface area contributed by atoms with E-state index in [-0.39, 0.29) is 18.5 Å². The molecule has 0 spiro atoms. The zero-order valence-corrected chi connectivity index (χ0v) is 15.9. The molecule has 0 aliphatic heterocycles. The minimum Gasteiger partial charge on any atom is -0.481 e. The van der Waals surface area contributed by atoms with Crippen molar-refractivity contribution in [1.29, 1.82) is 0 Å². The molecule has 29 heavy (non-hydrogen) atoms. The van der Waals surface area contributed by atoms with Crippen LogP contribution in [0.3, 0.4) is 0 Å². The van der Waals surface area contributed by atoms with Crippen LogP contribution in [0, 0.1) is 0 Å². The maximum atomic E-state index is 12.3. The van der Waals surface area contributed by atoms with E-state index in [1.54, 1.807) is 24.3 Å². The maximum absolute atomic E-state index is 12.3. The Balaban J connectivity index is 1.95. The third-order valence-electron chi connectivity index (χ3n) is 3.69. The molecule has 0 radical (unpaired) electrons. The number of carboxylic acid groups (broad SMARTS) is 1. The predicted molar refractivity (Wildman–Crippen MR) is 107 cm³/mol. The number of nitrogens with one attached hydrogen (secondary N) is 3. The molecule has 1 atom stereocenters. The van der Waals surface area contributed by atoms with Gasteiger partial charge in [-0.2, -0.15) is 0 Å². The molecular formula is C18H19N5O5S.